The number of aliphatic carboxylic acids is 1. The zero-order valence-electron chi connectivity index (χ0n) is 11.2. The van der Waals surface area contributed by atoms with E-state index in [4.69, 9.17) is 0 Å². The van der Waals surface area contributed by atoms with E-state index in [0.29, 0.717) is 12.3 Å². The van der Waals surface area contributed by atoms with Gasteiger partial charge in [0.15, 0.2) is 6.04 Å². The van der Waals surface area contributed by atoms with E-state index in [0.717, 1.165) is 16.7 Å². The fourth-order valence-corrected chi connectivity index (χ4v) is 4.72. The number of benzene rings is 1. The number of carboxylic acids is 1. The fourth-order valence-electron chi connectivity index (χ4n) is 3.31. The molecule has 2 unspecified atom stereocenters. The highest BCUT2D eigenvalue weighted by molar-refractivity contribution is 8.01. The number of imide groups is 1. The van der Waals surface area contributed by atoms with Crippen LogP contribution in [0.1, 0.15) is 20.7 Å². The van der Waals surface area contributed by atoms with Crippen molar-refractivity contribution in [2.45, 2.75) is 10.9 Å². The number of carboxylic acid groups (broad SMARTS) is 1. The third-order valence-corrected chi connectivity index (χ3v) is 5.74. The average Bonchev–Trinajstić information content (AvgIpc) is 3.01. The summed E-state index contributed by atoms with van der Waals surface area (Å²) >= 11 is 1.09. The lowest BCUT2D eigenvalue weighted by Gasteiger charge is -2.51. The molecule has 8 heteroatoms. The second-order valence-electron chi connectivity index (χ2n) is 5.27. The lowest BCUT2D eigenvalue weighted by molar-refractivity contribution is -0.172. The molecule has 0 spiro atoms. The highest BCUT2D eigenvalue weighted by atomic mass is 32.2. The summed E-state index contributed by atoms with van der Waals surface area (Å²) in [5.41, 5.74) is 0.421. The van der Waals surface area contributed by atoms with Crippen LogP contribution in [0.2, 0.25) is 0 Å². The Morgan fingerprint density at radius 3 is 2.32 bits per heavy atom. The van der Waals surface area contributed by atoms with E-state index in [2.05, 4.69) is 0 Å². The fraction of sp³-hybridized carbons (Fsp3) is 0.286. The number of fused-ring (bicyclic) bond motifs is 2. The second kappa shape index (κ2) is 4.10. The van der Waals surface area contributed by atoms with Crippen molar-refractivity contribution in [3.8, 4) is 0 Å². The van der Waals surface area contributed by atoms with Crippen molar-refractivity contribution in [1.82, 2.24) is 9.80 Å². The molecule has 0 aliphatic carbocycles. The summed E-state index contributed by atoms with van der Waals surface area (Å²) in [6, 6.07) is 4.99. The SMILES string of the molecule is O=C1c2ccccc2C(=O)N1C1C(=O)N2CCSC12C(=O)O. The third kappa shape index (κ3) is 1.29. The van der Waals surface area contributed by atoms with Gasteiger partial charge in [-0.15, -0.1) is 11.8 Å². The van der Waals surface area contributed by atoms with Crippen LogP contribution in [0.3, 0.4) is 0 Å². The Hall–Kier alpha value is -2.35. The largest absolute Gasteiger partial charge is 0.479 e. The number of carbonyl (C=O) groups is 4. The van der Waals surface area contributed by atoms with Gasteiger partial charge in [-0.25, -0.2) is 4.79 Å². The predicted octanol–water partition coefficient (Wildman–Crippen LogP) is 0.0211. The van der Waals surface area contributed by atoms with Gasteiger partial charge >= 0.3 is 5.97 Å². The number of carbonyl (C=O) groups excluding carboxylic acids is 3. The van der Waals surface area contributed by atoms with Crippen LogP contribution in [0.15, 0.2) is 24.3 Å². The summed E-state index contributed by atoms with van der Waals surface area (Å²) in [6.45, 7) is 0.315. The van der Waals surface area contributed by atoms with Gasteiger partial charge in [-0.3, -0.25) is 19.3 Å². The van der Waals surface area contributed by atoms with Crippen molar-refractivity contribution in [3.63, 3.8) is 0 Å². The molecule has 1 N–H and O–H groups in total. The Bertz CT molecular complexity index is 728. The zero-order valence-corrected chi connectivity index (χ0v) is 12.0. The van der Waals surface area contributed by atoms with Crippen LogP contribution in [0.25, 0.3) is 0 Å². The van der Waals surface area contributed by atoms with E-state index in [1.165, 1.54) is 17.0 Å². The minimum atomic E-state index is -1.54. The van der Waals surface area contributed by atoms with E-state index in [1.807, 2.05) is 0 Å². The number of amides is 3. The molecule has 112 valence electrons. The molecule has 2 fully saturated rings. The monoisotopic (exact) mass is 318 g/mol. The van der Waals surface area contributed by atoms with Gasteiger partial charge in [0.05, 0.1) is 11.1 Å². The number of thioether (sulfide) groups is 1. The lowest BCUT2D eigenvalue weighted by atomic mass is 9.92. The highest BCUT2D eigenvalue weighted by Gasteiger charge is 2.72. The molecule has 3 amide bonds. The Balaban J connectivity index is 1.80. The molecule has 3 aliphatic rings. The molecule has 2 saturated heterocycles. The van der Waals surface area contributed by atoms with Gasteiger partial charge in [-0.1, -0.05) is 12.1 Å². The number of hydrogen-bond acceptors (Lipinski definition) is 5. The standard InChI is InChI=1S/C14H10N2O5S/c17-10-7-3-1-2-4-8(7)11(18)16(10)9-12(19)15-5-6-22-14(9,15)13(20)21/h1-4,9H,5-6H2,(H,20,21). The van der Waals surface area contributed by atoms with E-state index >= 15 is 0 Å². The van der Waals surface area contributed by atoms with Crippen LogP contribution in [-0.2, 0) is 9.59 Å². The van der Waals surface area contributed by atoms with Gasteiger partial charge in [-0.2, -0.15) is 0 Å². The van der Waals surface area contributed by atoms with Gasteiger partial charge < -0.3 is 10.0 Å². The molecular formula is C14H10N2O5S. The number of β-lactam (4-membered cyclic amide) rings is 1. The molecule has 0 radical (unpaired) electrons. The normalized spacial score (nSPS) is 29.5. The summed E-state index contributed by atoms with van der Waals surface area (Å²) in [7, 11) is 0. The molecule has 1 aromatic rings. The van der Waals surface area contributed by atoms with Crippen molar-refractivity contribution in [3.05, 3.63) is 35.4 Å². The Morgan fingerprint density at radius 2 is 1.77 bits per heavy atom. The average molecular weight is 318 g/mol. The molecule has 1 aromatic carbocycles. The lowest BCUT2D eigenvalue weighted by Crippen LogP contribution is -2.79. The minimum Gasteiger partial charge on any atom is -0.479 e. The highest BCUT2D eigenvalue weighted by Crippen LogP contribution is 2.50. The summed E-state index contributed by atoms with van der Waals surface area (Å²) < 4.78 is 0. The van der Waals surface area contributed by atoms with Crippen molar-refractivity contribution in [1.29, 1.82) is 0 Å². The Kier molecular flexibility index (Phi) is 2.48. The Morgan fingerprint density at radius 1 is 1.18 bits per heavy atom. The van der Waals surface area contributed by atoms with E-state index in [9.17, 15) is 24.3 Å². The van der Waals surface area contributed by atoms with Gasteiger partial charge in [0.25, 0.3) is 17.7 Å². The maximum Gasteiger partial charge on any atom is 0.343 e. The molecule has 2 atom stereocenters. The van der Waals surface area contributed by atoms with Gasteiger partial charge in [0, 0.05) is 12.3 Å². The molecule has 22 heavy (non-hydrogen) atoms. The van der Waals surface area contributed by atoms with E-state index in [1.54, 1.807) is 12.1 Å². The predicted molar refractivity (Wildman–Crippen MR) is 75.3 cm³/mol. The first-order chi connectivity index (χ1) is 10.5. The van der Waals surface area contributed by atoms with Crippen LogP contribution < -0.4 is 0 Å². The first-order valence-electron chi connectivity index (χ1n) is 6.66. The number of rotatable bonds is 2. The van der Waals surface area contributed by atoms with Crippen molar-refractivity contribution in [2.24, 2.45) is 0 Å². The van der Waals surface area contributed by atoms with Crippen LogP contribution in [-0.4, -0.2) is 61.8 Å². The quantitative estimate of drug-likeness (QED) is 0.610. The topological polar surface area (TPSA) is 95.0 Å². The molecule has 4 rings (SSSR count). The molecule has 0 saturated carbocycles. The maximum atomic E-state index is 12.5. The number of hydrogen-bond donors (Lipinski definition) is 1. The molecule has 7 nitrogen and oxygen atoms in total. The third-order valence-electron chi connectivity index (χ3n) is 4.30. The molecule has 0 aromatic heterocycles. The first-order valence-corrected chi connectivity index (χ1v) is 7.64. The summed E-state index contributed by atoms with van der Waals surface area (Å²) in [5, 5.41) is 9.57. The van der Waals surface area contributed by atoms with E-state index in [-0.39, 0.29) is 11.1 Å². The number of nitrogens with zero attached hydrogens (tertiary/aromatic N) is 2. The van der Waals surface area contributed by atoms with Gasteiger partial charge in [0.1, 0.15) is 0 Å². The van der Waals surface area contributed by atoms with Crippen LogP contribution in [0.5, 0.6) is 0 Å². The summed E-state index contributed by atoms with van der Waals surface area (Å²) in [5.74, 6) is -2.42. The Labute approximate surface area is 128 Å². The van der Waals surface area contributed by atoms with Crippen molar-refractivity contribution in [2.75, 3.05) is 12.3 Å². The van der Waals surface area contributed by atoms with Gasteiger partial charge in [-0.05, 0) is 12.1 Å². The van der Waals surface area contributed by atoms with E-state index < -0.39 is 34.6 Å². The second-order valence-corrected chi connectivity index (χ2v) is 6.59. The molecule has 0 bridgehead atoms. The summed E-state index contributed by atoms with van der Waals surface area (Å²) in [4.78, 5) is 49.5. The van der Waals surface area contributed by atoms with Gasteiger partial charge in [0.2, 0.25) is 4.87 Å². The van der Waals surface area contributed by atoms with Crippen LogP contribution in [0, 0.1) is 0 Å². The zero-order chi connectivity index (χ0) is 15.6. The smallest absolute Gasteiger partial charge is 0.343 e. The molecule has 3 heterocycles. The molecule has 3 aliphatic heterocycles. The molecular weight excluding hydrogens is 308 g/mol. The minimum absolute atomic E-state index is 0.210. The first kappa shape index (κ1) is 13.3. The van der Waals surface area contributed by atoms with Crippen LogP contribution in [0.4, 0.5) is 0 Å². The van der Waals surface area contributed by atoms with Crippen LogP contribution >= 0.6 is 11.8 Å². The summed E-state index contributed by atoms with van der Waals surface area (Å²) in [6.07, 6.45) is 0. The maximum absolute atomic E-state index is 12.5. The van der Waals surface area contributed by atoms with Crippen molar-refractivity contribution < 1.29 is 24.3 Å². The van der Waals surface area contributed by atoms with Crippen molar-refractivity contribution >= 4 is 35.5 Å².